The summed E-state index contributed by atoms with van der Waals surface area (Å²) in [5, 5.41) is 15.3. The Kier molecular flexibility index (Phi) is 8.29. The molecule has 2 atom stereocenters. The molecule has 1 fully saturated rings. The standard InChI is InChI=1S/C24H37N3O5/c1-14(2)25-21(29)20(18-10-8-9-15(3)16(18)4)27(17-11-12-17)22(30)19(13-28)26-23(31)32-24(5,6)7/h8-10,14,17,19-20,28H,11-13H2,1-7H3,(H,25,29)(H,26,31). The second-order valence-electron chi connectivity index (χ2n) is 9.71. The van der Waals surface area contributed by atoms with Gasteiger partial charge in [-0.15, -0.1) is 0 Å². The first-order valence-electron chi connectivity index (χ1n) is 11.1. The van der Waals surface area contributed by atoms with Crippen molar-refractivity contribution < 1.29 is 24.2 Å². The molecule has 32 heavy (non-hydrogen) atoms. The number of nitrogens with zero attached hydrogens (tertiary/aromatic N) is 1. The number of hydrogen-bond donors (Lipinski definition) is 3. The van der Waals surface area contributed by atoms with Gasteiger partial charge in [0.2, 0.25) is 11.8 Å². The number of aryl methyl sites for hydroxylation is 1. The third-order valence-electron chi connectivity index (χ3n) is 5.26. The van der Waals surface area contributed by atoms with Crippen LogP contribution in [0.1, 0.15) is 70.2 Å². The summed E-state index contributed by atoms with van der Waals surface area (Å²) < 4.78 is 5.24. The van der Waals surface area contributed by atoms with E-state index >= 15 is 0 Å². The minimum Gasteiger partial charge on any atom is -0.444 e. The highest BCUT2D eigenvalue weighted by Gasteiger charge is 2.44. The number of aliphatic hydroxyl groups excluding tert-OH is 1. The molecule has 2 rings (SSSR count). The molecule has 178 valence electrons. The van der Waals surface area contributed by atoms with E-state index in [1.807, 2.05) is 45.9 Å². The molecular formula is C24H37N3O5. The molecule has 0 aromatic heterocycles. The first kappa shape index (κ1) is 25.6. The van der Waals surface area contributed by atoms with Gasteiger partial charge >= 0.3 is 6.09 Å². The predicted octanol–water partition coefficient (Wildman–Crippen LogP) is 2.75. The normalized spacial score (nSPS) is 15.7. The molecule has 1 aliphatic rings. The molecule has 0 aliphatic heterocycles. The zero-order valence-electron chi connectivity index (χ0n) is 20.2. The number of nitrogens with one attached hydrogen (secondary N) is 2. The summed E-state index contributed by atoms with van der Waals surface area (Å²) in [6.07, 6.45) is 0.717. The largest absolute Gasteiger partial charge is 0.444 e. The first-order valence-corrected chi connectivity index (χ1v) is 11.1. The number of carbonyl (C=O) groups excluding carboxylic acids is 3. The van der Waals surface area contributed by atoms with Crippen molar-refractivity contribution >= 4 is 17.9 Å². The summed E-state index contributed by atoms with van der Waals surface area (Å²) in [5.74, 6) is -0.798. The maximum Gasteiger partial charge on any atom is 0.408 e. The van der Waals surface area contributed by atoms with Gasteiger partial charge in [0.15, 0.2) is 0 Å². The van der Waals surface area contributed by atoms with Crippen LogP contribution in [0.5, 0.6) is 0 Å². The monoisotopic (exact) mass is 447 g/mol. The number of amides is 3. The molecule has 8 nitrogen and oxygen atoms in total. The quantitative estimate of drug-likeness (QED) is 0.568. The van der Waals surface area contributed by atoms with Gasteiger partial charge < -0.3 is 25.4 Å². The second kappa shape index (κ2) is 10.3. The van der Waals surface area contributed by atoms with Crippen molar-refractivity contribution in [2.75, 3.05) is 6.61 Å². The van der Waals surface area contributed by atoms with Gasteiger partial charge in [-0.1, -0.05) is 18.2 Å². The number of benzene rings is 1. The van der Waals surface area contributed by atoms with Crippen LogP contribution in [0.4, 0.5) is 4.79 Å². The number of hydrogen-bond acceptors (Lipinski definition) is 5. The molecule has 3 N–H and O–H groups in total. The van der Waals surface area contributed by atoms with Crippen LogP contribution in [0.25, 0.3) is 0 Å². The van der Waals surface area contributed by atoms with E-state index in [4.69, 9.17) is 4.74 Å². The highest BCUT2D eigenvalue weighted by Crippen LogP contribution is 2.37. The lowest BCUT2D eigenvalue weighted by molar-refractivity contribution is -0.144. The van der Waals surface area contributed by atoms with Crippen LogP contribution >= 0.6 is 0 Å². The van der Waals surface area contributed by atoms with Crippen molar-refractivity contribution in [3.8, 4) is 0 Å². The van der Waals surface area contributed by atoms with Crippen LogP contribution in [0, 0.1) is 13.8 Å². The molecule has 0 radical (unpaired) electrons. The van der Waals surface area contributed by atoms with E-state index in [0.29, 0.717) is 0 Å². The van der Waals surface area contributed by atoms with Gasteiger partial charge in [-0.2, -0.15) is 0 Å². The smallest absolute Gasteiger partial charge is 0.408 e. The molecule has 3 amide bonds. The van der Waals surface area contributed by atoms with Crippen LogP contribution in [-0.4, -0.2) is 58.2 Å². The van der Waals surface area contributed by atoms with E-state index in [2.05, 4.69) is 10.6 Å². The molecule has 1 saturated carbocycles. The van der Waals surface area contributed by atoms with Gasteiger partial charge in [0, 0.05) is 12.1 Å². The Morgan fingerprint density at radius 2 is 1.78 bits per heavy atom. The lowest BCUT2D eigenvalue weighted by atomic mass is 9.94. The van der Waals surface area contributed by atoms with Crippen molar-refractivity contribution in [1.29, 1.82) is 0 Å². The average molecular weight is 448 g/mol. The topological polar surface area (TPSA) is 108 Å². The molecule has 0 heterocycles. The van der Waals surface area contributed by atoms with E-state index in [1.165, 1.54) is 4.90 Å². The highest BCUT2D eigenvalue weighted by molar-refractivity contribution is 5.93. The zero-order chi connectivity index (χ0) is 24.2. The molecular weight excluding hydrogens is 410 g/mol. The summed E-state index contributed by atoms with van der Waals surface area (Å²) in [4.78, 5) is 40.7. The maximum absolute atomic E-state index is 13.6. The number of carbonyl (C=O) groups is 3. The van der Waals surface area contributed by atoms with Gasteiger partial charge in [0.1, 0.15) is 17.7 Å². The Balaban J connectivity index is 2.43. The average Bonchev–Trinajstić information content (AvgIpc) is 3.49. The first-order chi connectivity index (χ1) is 14.9. The Labute approximate surface area is 190 Å². The van der Waals surface area contributed by atoms with Crippen molar-refractivity contribution in [2.24, 2.45) is 0 Å². The molecule has 2 unspecified atom stereocenters. The third kappa shape index (κ3) is 6.69. The molecule has 1 aliphatic carbocycles. The molecule has 1 aromatic carbocycles. The fraction of sp³-hybridized carbons (Fsp3) is 0.625. The molecule has 1 aromatic rings. The predicted molar refractivity (Wildman–Crippen MR) is 122 cm³/mol. The number of ether oxygens (including phenoxy) is 1. The Morgan fingerprint density at radius 3 is 2.28 bits per heavy atom. The van der Waals surface area contributed by atoms with Crippen molar-refractivity contribution in [1.82, 2.24) is 15.5 Å². The third-order valence-corrected chi connectivity index (χ3v) is 5.26. The fourth-order valence-electron chi connectivity index (χ4n) is 3.54. The van der Waals surface area contributed by atoms with Crippen molar-refractivity contribution in [2.45, 2.75) is 91.1 Å². The van der Waals surface area contributed by atoms with E-state index < -0.39 is 36.3 Å². The van der Waals surface area contributed by atoms with E-state index in [9.17, 15) is 19.5 Å². The van der Waals surface area contributed by atoms with E-state index in [-0.39, 0.29) is 18.0 Å². The van der Waals surface area contributed by atoms with Crippen molar-refractivity contribution in [3.63, 3.8) is 0 Å². The maximum atomic E-state index is 13.6. The van der Waals surface area contributed by atoms with Crippen molar-refractivity contribution in [3.05, 3.63) is 34.9 Å². The van der Waals surface area contributed by atoms with Crippen LogP contribution in [0.3, 0.4) is 0 Å². The minimum absolute atomic E-state index is 0.111. The molecule has 0 spiro atoms. The summed E-state index contributed by atoms with van der Waals surface area (Å²) in [5.41, 5.74) is 1.92. The number of aliphatic hydroxyl groups is 1. The zero-order valence-corrected chi connectivity index (χ0v) is 20.2. The lowest BCUT2D eigenvalue weighted by Gasteiger charge is -2.35. The second-order valence-corrected chi connectivity index (χ2v) is 9.71. The Morgan fingerprint density at radius 1 is 1.16 bits per heavy atom. The van der Waals surface area contributed by atoms with Gasteiger partial charge in [-0.05, 0) is 78.0 Å². The van der Waals surface area contributed by atoms with Crippen LogP contribution in [0.15, 0.2) is 18.2 Å². The Hall–Kier alpha value is -2.61. The fourth-order valence-corrected chi connectivity index (χ4v) is 3.54. The highest BCUT2D eigenvalue weighted by atomic mass is 16.6. The SMILES string of the molecule is Cc1cccc(C(C(=O)NC(C)C)N(C(=O)C(CO)NC(=O)OC(C)(C)C)C2CC2)c1C. The number of rotatable bonds is 8. The minimum atomic E-state index is -1.22. The molecule has 0 saturated heterocycles. The number of alkyl carbamates (subject to hydrolysis) is 1. The van der Waals surface area contributed by atoms with Crippen LogP contribution < -0.4 is 10.6 Å². The van der Waals surface area contributed by atoms with E-state index in [1.54, 1.807) is 20.8 Å². The van der Waals surface area contributed by atoms with Gasteiger partial charge in [0.25, 0.3) is 0 Å². The Bertz CT molecular complexity index is 843. The summed E-state index contributed by atoms with van der Waals surface area (Å²) in [7, 11) is 0. The van der Waals surface area contributed by atoms with Crippen LogP contribution in [0.2, 0.25) is 0 Å². The summed E-state index contributed by atoms with van der Waals surface area (Å²) in [6.45, 7) is 12.2. The van der Waals surface area contributed by atoms with Crippen LogP contribution in [-0.2, 0) is 14.3 Å². The summed E-state index contributed by atoms with van der Waals surface area (Å²) >= 11 is 0. The lowest BCUT2D eigenvalue weighted by Crippen LogP contribution is -2.55. The molecule has 0 bridgehead atoms. The van der Waals surface area contributed by atoms with E-state index in [0.717, 1.165) is 29.5 Å². The van der Waals surface area contributed by atoms with Gasteiger partial charge in [-0.25, -0.2) is 4.79 Å². The summed E-state index contributed by atoms with van der Waals surface area (Å²) in [6, 6.07) is 3.34. The van der Waals surface area contributed by atoms with Gasteiger partial charge in [-0.3, -0.25) is 9.59 Å². The molecule has 8 heteroatoms. The van der Waals surface area contributed by atoms with Gasteiger partial charge in [0.05, 0.1) is 6.61 Å².